The van der Waals surface area contributed by atoms with Crippen molar-refractivity contribution in [2.24, 2.45) is 53.3 Å². The van der Waals surface area contributed by atoms with E-state index in [4.69, 9.17) is 38.6 Å². The molecule has 18 heteroatoms. The predicted octanol–water partition coefficient (Wildman–Crippen LogP) is 32.9. The van der Waals surface area contributed by atoms with Crippen molar-refractivity contribution in [2.45, 2.75) is 136 Å². The van der Waals surface area contributed by atoms with Gasteiger partial charge in [0.2, 0.25) is 0 Å². The normalized spacial score (nSPS) is 17.1. The number of halogens is 4. The van der Waals surface area contributed by atoms with E-state index in [0.717, 1.165) is 169 Å². The fraction of sp³-hybridized carbons (Fsp3) is 0.297. The van der Waals surface area contributed by atoms with Gasteiger partial charge in [-0.15, -0.1) is 0 Å². The molecule has 0 atom stereocenters. The molecule has 16 aromatic carbocycles. The quantitative estimate of drug-likeness (QED) is 0.0285. The number of rotatable bonds is 17. The van der Waals surface area contributed by atoms with Gasteiger partial charge in [0.1, 0.15) is 46.0 Å². The van der Waals surface area contributed by atoms with E-state index in [1.807, 2.05) is 133 Å². The van der Waals surface area contributed by atoms with Crippen LogP contribution in [0, 0.1) is 76.9 Å². The summed E-state index contributed by atoms with van der Waals surface area (Å²) < 4.78 is 41.1. The monoisotopic (exact) mass is 2200 g/mol. The number of aromatic hydroxyl groups is 4. The summed E-state index contributed by atoms with van der Waals surface area (Å²) >= 11 is 14.3. The van der Waals surface area contributed by atoms with Gasteiger partial charge >= 0.3 is 11.9 Å². The van der Waals surface area contributed by atoms with Crippen molar-refractivity contribution in [1.29, 1.82) is 0 Å². The van der Waals surface area contributed by atoms with E-state index in [0.29, 0.717) is 72.4 Å². The van der Waals surface area contributed by atoms with Crippen molar-refractivity contribution < 1.29 is 68.6 Å². The highest BCUT2D eigenvalue weighted by Crippen LogP contribution is 2.53. The molecule has 146 heavy (non-hydrogen) atoms. The maximum absolute atomic E-state index is 11.4. The summed E-state index contributed by atoms with van der Waals surface area (Å²) in [5, 5.41) is 76.6. The average Bonchev–Trinajstić information content (AvgIpc) is 1.14. The Morgan fingerprint density at radius 2 is 0.596 bits per heavy atom. The van der Waals surface area contributed by atoms with Crippen LogP contribution in [0.5, 0.6) is 46.0 Å². The van der Waals surface area contributed by atoms with Gasteiger partial charge in [0.25, 0.3) is 0 Å². The Bertz CT molecular complexity index is 7180. The van der Waals surface area contributed by atoms with Gasteiger partial charge in [0, 0.05) is 117 Å². The Hall–Kier alpha value is -12.6. The van der Waals surface area contributed by atoms with Crippen LogP contribution in [0.15, 0.2) is 298 Å². The van der Waals surface area contributed by atoms with Crippen molar-refractivity contribution in [3.8, 4) is 114 Å². The smallest absolute Gasteiger partial charge is 0.331 e. The van der Waals surface area contributed by atoms with Crippen molar-refractivity contribution in [1.82, 2.24) is 0 Å². The van der Waals surface area contributed by atoms with Crippen LogP contribution in [-0.4, -0.2) is 95.4 Å². The molecule has 6 N–H and O–H groups in total. The molecule has 21 rings (SSSR count). The first-order valence-corrected chi connectivity index (χ1v) is 54.5. The molecule has 16 aromatic rings. The molecule has 748 valence electrons. The van der Waals surface area contributed by atoms with Gasteiger partial charge in [-0.1, -0.05) is 332 Å². The fourth-order valence-electron chi connectivity index (χ4n) is 22.5. The second-order valence-corrected chi connectivity index (χ2v) is 42.9. The fourth-order valence-corrected chi connectivity index (χ4v) is 24.0. The third-order valence-electron chi connectivity index (χ3n) is 30.0. The Morgan fingerprint density at radius 1 is 0.329 bits per heavy atom. The SMILES string of the molecule is C=CC(=O)OCC#Cc1ccc2c3c(ccc2c1)OCC(C1CCC(CCC)CC1)COc1ccc2cc(C#CCOC(=O)C=C)ccc2c1-3.CCCC1CCC(C(CO)CO)CC1.CCCC1CCC(C2COc3ccc4cc(Br)ccc4c3-c3c(ccc4cc(Br)ccc34)OC2)CC1.Oc1ccc2cc(Br)ccc2c1-c1c(O)ccc2cc(Br)ccc12.Oc1ccc2ccccc2c1-c1c(O)ccc2ccccc12. The third kappa shape index (κ3) is 24.8. The van der Waals surface area contributed by atoms with Crippen molar-refractivity contribution in [3.05, 3.63) is 309 Å². The van der Waals surface area contributed by atoms with Gasteiger partial charge in [-0.2, -0.15) is 0 Å². The van der Waals surface area contributed by atoms with Gasteiger partial charge in [-0.3, -0.25) is 0 Å². The largest absolute Gasteiger partial charge is 0.507 e. The Morgan fingerprint density at radius 3 is 0.897 bits per heavy atom. The van der Waals surface area contributed by atoms with E-state index < -0.39 is 11.9 Å². The van der Waals surface area contributed by atoms with Crippen LogP contribution in [0.4, 0.5) is 0 Å². The number of carbonyl (C=O) groups is 2. The number of hydrogen-bond donors (Lipinski definition) is 6. The number of aliphatic hydroxyl groups is 2. The van der Waals surface area contributed by atoms with E-state index in [1.54, 1.807) is 24.3 Å². The maximum atomic E-state index is 11.4. The average molecular weight is 2210 g/mol. The molecule has 0 saturated heterocycles. The van der Waals surface area contributed by atoms with E-state index in [-0.39, 0.29) is 61.3 Å². The molecule has 0 spiro atoms. The lowest BCUT2D eigenvalue weighted by Gasteiger charge is -2.33. The number of hydrogen-bond acceptors (Lipinski definition) is 14. The molecule has 0 bridgehead atoms. The minimum Gasteiger partial charge on any atom is -0.507 e. The molecule has 3 aliphatic carbocycles. The van der Waals surface area contributed by atoms with Gasteiger partial charge in [0.05, 0.1) is 26.4 Å². The molecule has 3 fully saturated rings. The van der Waals surface area contributed by atoms with E-state index in [1.165, 1.54) is 137 Å². The van der Waals surface area contributed by atoms with Crippen LogP contribution in [0.25, 0.3) is 131 Å². The lowest BCUT2D eigenvalue weighted by atomic mass is 9.75. The van der Waals surface area contributed by atoms with Gasteiger partial charge in [0.15, 0.2) is 13.2 Å². The van der Waals surface area contributed by atoms with Crippen LogP contribution in [0.1, 0.15) is 147 Å². The Balaban J connectivity index is 0.000000133. The van der Waals surface area contributed by atoms with E-state index in [9.17, 15) is 30.0 Å². The van der Waals surface area contributed by atoms with E-state index in [2.05, 4.69) is 218 Å². The number of fused-ring (bicyclic) bond motifs is 18. The summed E-state index contributed by atoms with van der Waals surface area (Å²) in [4.78, 5) is 22.8. The zero-order chi connectivity index (χ0) is 102. The minimum absolute atomic E-state index is 0.00855. The number of aliphatic hydroxyl groups excluding tert-OH is 2. The van der Waals surface area contributed by atoms with Crippen LogP contribution in [0.2, 0.25) is 0 Å². The number of phenols is 4. The lowest BCUT2D eigenvalue weighted by Crippen LogP contribution is -2.30. The number of phenolic OH excluding ortho intramolecular Hbond substituents is 4. The van der Waals surface area contributed by atoms with Crippen LogP contribution < -0.4 is 18.9 Å². The zero-order valence-corrected chi connectivity index (χ0v) is 89.2. The Kier molecular flexibility index (Phi) is 35.7. The standard InChI is InChI=1S/C44H42O6.C32H32Br2O2.C20H12Br2O2.C20H14O2.C12H24O2/c1-4-9-30-12-16-33(17-13-30)36-28-49-39-22-18-34-26-31(10-7-24-47-41(45)5-2)14-20-37(34)43(39)44-38-21-15-32(11-8-25-48-42(46)6-3)27-35(38)19-23-40(44)50-29-36;1-2-3-20-4-6-21(7-5-20)24-18-35-29-14-8-22-16-25(33)10-12-27(22)31(29)32-28-13-11-26(34)17-23(28)9-15-30(32)36-19-24;21-13-3-5-15-11(9-13)1-7-17(23)19(15)20-16-6-4-14(22)10-12(16)2-8-18(20)24;21-17-11-9-13-5-1-3-7-15(13)19(17)20-16-8-4-2-6-14(16)10-12-18(20)22;1-2-3-10-4-6-11(7-5-10)12(8-13)9-14/h5-6,14-15,18-23,26-27,30,33,36H,2-4,9,12-13,16-17,24-25,28-29H2,1H3;8-17,20-21,24H,2-7,18-19H2,1H3;1-10,23-24H;1-12,21-22H;10-14H,2-9H2,1H3. The topological polar surface area (TPSA) is 211 Å². The summed E-state index contributed by atoms with van der Waals surface area (Å²) in [6.07, 6.45) is 25.4. The predicted molar refractivity (Wildman–Crippen MR) is 609 cm³/mol. The van der Waals surface area contributed by atoms with Crippen molar-refractivity contribution in [3.63, 3.8) is 0 Å². The summed E-state index contributed by atoms with van der Waals surface area (Å²) in [6.45, 7) is 16.6. The zero-order valence-electron chi connectivity index (χ0n) is 82.9. The molecule has 0 aromatic heterocycles. The first kappa shape index (κ1) is 105. The number of carbonyl (C=O) groups excluding carboxylic acids is 2. The highest BCUT2D eigenvalue weighted by atomic mass is 79.9. The second kappa shape index (κ2) is 49.7. The molecular weight excluding hydrogens is 2080 g/mol. The molecule has 0 unspecified atom stereocenters. The molecule has 2 heterocycles. The molecule has 0 amide bonds. The second-order valence-electron chi connectivity index (χ2n) is 39.2. The van der Waals surface area contributed by atoms with Crippen LogP contribution in [-0.2, 0) is 19.1 Å². The highest BCUT2D eigenvalue weighted by Gasteiger charge is 2.35. The number of esters is 2. The summed E-state index contributed by atoms with van der Waals surface area (Å²) in [7, 11) is 0. The highest BCUT2D eigenvalue weighted by molar-refractivity contribution is 9.11. The summed E-state index contributed by atoms with van der Waals surface area (Å²) in [6, 6.07) is 83.9. The van der Waals surface area contributed by atoms with Crippen molar-refractivity contribution in [2.75, 3.05) is 52.9 Å². The van der Waals surface area contributed by atoms with Crippen LogP contribution >= 0.6 is 63.7 Å². The molecular formula is C128H124Br4O14. The van der Waals surface area contributed by atoms with E-state index >= 15 is 0 Å². The lowest BCUT2D eigenvalue weighted by molar-refractivity contribution is -0.137. The van der Waals surface area contributed by atoms with Gasteiger partial charge in [-0.25, -0.2) is 9.59 Å². The third-order valence-corrected chi connectivity index (χ3v) is 32.0. The maximum Gasteiger partial charge on any atom is 0.331 e. The van der Waals surface area contributed by atoms with Crippen LogP contribution in [0.3, 0.4) is 0 Å². The molecule has 5 aliphatic rings. The molecule has 3 saturated carbocycles. The number of benzene rings is 16. The van der Waals surface area contributed by atoms with Gasteiger partial charge < -0.3 is 59.1 Å². The molecule has 14 nitrogen and oxygen atoms in total. The van der Waals surface area contributed by atoms with Gasteiger partial charge in [-0.05, 0) is 282 Å². The first-order valence-electron chi connectivity index (χ1n) is 51.3. The summed E-state index contributed by atoms with van der Waals surface area (Å²) in [5.74, 6) is 20.5. The first-order chi connectivity index (χ1) is 71.2. The molecule has 2 aliphatic heterocycles. The minimum atomic E-state index is -0.500. The van der Waals surface area contributed by atoms with Crippen molar-refractivity contribution >= 4 is 162 Å². The molecule has 0 radical (unpaired) electrons. The Labute approximate surface area is 889 Å². The summed E-state index contributed by atoms with van der Waals surface area (Å²) in [5.41, 5.74) is 8.48. The number of ether oxygens (including phenoxy) is 6.